The van der Waals surface area contributed by atoms with Gasteiger partial charge in [-0.3, -0.25) is 0 Å². The fourth-order valence-corrected chi connectivity index (χ4v) is 2.70. The van der Waals surface area contributed by atoms with Crippen molar-refractivity contribution in [2.24, 2.45) is 7.05 Å². The van der Waals surface area contributed by atoms with Gasteiger partial charge in [-0.2, -0.15) is 5.10 Å². The lowest BCUT2D eigenvalue weighted by atomic mass is 10.1. The van der Waals surface area contributed by atoms with Crippen molar-refractivity contribution in [3.8, 4) is 5.88 Å². The van der Waals surface area contributed by atoms with Gasteiger partial charge in [0.05, 0.1) is 18.4 Å². The maximum Gasteiger partial charge on any atom is 0.216 e. The number of nitrogens with zero attached hydrogens (tertiary/aromatic N) is 3. The van der Waals surface area contributed by atoms with Crippen LogP contribution in [0.25, 0.3) is 0 Å². The quantitative estimate of drug-likeness (QED) is 0.851. The van der Waals surface area contributed by atoms with Gasteiger partial charge in [-0.05, 0) is 26.6 Å². The van der Waals surface area contributed by atoms with Crippen molar-refractivity contribution < 1.29 is 4.74 Å². The summed E-state index contributed by atoms with van der Waals surface area (Å²) in [6, 6.07) is 10.8. The van der Waals surface area contributed by atoms with Gasteiger partial charge in [0.15, 0.2) is 0 Å². The van der Waals surface area contributed by atoms with Crippen LogP contribution in [0, 0.1) is 6.92 Å². The predicted octanol–water partition coefficient (Wildman–Crippen LogP) is 2.13. The summed E-state index contributed by atoms with van der Waals surface area (Å²) >= 11 is 0. The summed E-state index contributed by atoms with van der Waals surface area (Å²) in [7, 11) is 7.78. The first kappa shape index (κ1) is 16.5. The number of aromatic nitrogens is 2. The summed E-state index contributed by atoms with van der Waals surface area (Å²) in [5.74, 6) is 0.821. The third kappa shape index (κ3) is 3.87. The van der Waals surface area contributed by atoms with Crippen LogP contribution in [0.4, 0.5) is 0 Å². The Labute approximate surface area is 132 Å². The van der Waals surface area contributed by atoms with Crippen LogP contribution in [0.15, 0.2) is 30.3 Å². The normalized spacial score (nSPS) is 12.6. The molecule has 1 unspecified atom stereocenters. The zero-order chi connectivity index (χ0) is 16.1. The summed E-state index contributed by atoms with van der Waals surface area (Å²) in [5, 5.41) is 8.07. The number of ether oxygens (including phenoxy) is 1. The van der Waals surface area contributed by atoms with E-state index in [-0.39, 0.29) is 6.04 Å². The fourth-order valence-electron chi connectivity index (χ4n) is 2.70. The van der Waals surface area contributed by atoms with Crippen molar-refractivity contribution in [2.75, 3.05) is 27.7 Å². The van der Waals surface area contributed by atoms with Crippen molar-refractivity contribution in [1.29, 1.82) is 0 Å². The third-order valence-electron chi connectivity index (χ3n) is 3.76. The minimum absolute atomic E-state index is 0.264. The van der Waals surface area contributed by atoms with Gasteiger partial charge >= 0.3 is 0 Å². The third-order valence-corrected chi connectivity index (χ3v) is 3.76. The van der Waals surface area contributed by atoms with Crippen molar-refractivity contribution in [3.05, 3.63) is 47.2 Å². The van der Waals surface area contributed by atoms with Crippen molar-refractivity contribution in [1.82, 2.24) is 20.0 Å². The minimum Gasteiger partial charge on any atom is -0.481 e. The molecule has 1 aromatic carbocycles. The topological polar surface area (TPSA) is 42.3 Å². The number of benzene rings is 1. The molecule has 1 N–H and O–H groups in total. The Morgan fingerprint density at radius 1 is 1.27 bits per heavy atom. The van der Waals surface area contributed by atoms with Crippen LogP contribution in [-0.2, 0) is 13.6 Å². The highest BCUT2D eigenvalue weighted by Gasteiger charge is 2.17. The van der Waals surface area contributed by atoms with E-state index in [9.17, 15) is 0 Å². The van der Waals surface area contributed by atoms with E-state index in [1.54, 1.807) is 11.8 Å². The van der Waals surface area contributed by atoms with Gasteiger partial charge < -0.3 is 15.0 Å². The average molecular weight is 302 g/mol. The second-order valence-electron chi connectivity index (χ2n) is 5.80. The first-order chi connectivity index (χ1) is 10.5. The van der Waals surface area contributed by atoms with Gasteiger partial charge in [-0.15, -0.1) is 0 Å². The second-order valence-corrected chi connectivity index (χ2v) is 5.80. The van der Waals surface area contributed by atoms with Crippen LogP contribution in [0.1, 0.15) is 22.9 Å². The SMILES string of the molecule is COc1c(CNC(CN(C)C)c2ccccc2)c(C)nn1C. The van der Waals surface area contributed by atoms with Gasteiger partial charge in [0.2, 0.25) is 5.88 Å². The Hall–Kier alpha value is -1.85. The van der Waals surface area contributed by atoms with E-state index in [0.717, 1.165) is 30.2 Å². The van der Waals surface area contributed by atoms with Crippen LogP contribution in [0.2, 0.25) is 0 Å². The molecule has 5 nitrogen and oxygen atoms in total. The highest BCUT2D eigenvalue weighted by molar-refractivity contribution is 5.31. The summed E-state index contributed by atoms with van der Waals surface area (Å²) in [6.07, 6.45) is 0. The molecule has 1 aromatic heterocycles. The van der Waals surface area contributed by atoms with Crippen LogP contribution in [0.5, 0.6) is 5.88 Å². The summed E-state index contributed by atoms with van der Waals surface area (Å²) in [6.45, 7) is 3.69. The molecule has 0 aliphatic heterocycles. The molecule has 1 atom stereocenters. The molecule has 0 radical (unpaired) electrons. The molecule has 2 aromatic rings. The molecule has 0 fully saturated rings. The fraction of sp³-hybridized carbons (Fsp3) is 0.471. The lowest BCUT2D eigenvalue weighted by molar-refractivity contribution is 0.335. The Morgan fingerprint density at radius 3 is 2.55 bits per heavy atom. The molecule has 0 bridgehead atoms. The Morgan fingerprint density at radius 2 is 1.95 bits per heavy atom. The molecule has 0 spiro atoms. The monoisotopic (exact) mass is 302 g/mol. The van der Waals surface area contributed by atoms with Gasteiger partial charge in [0, 0.05) is 26.2 Å². The van der Waals surface area contributed by atoms with E-state index < -0.39 is 0 Å². The number of hydrogen-bond acceptors (Lipinski definition) is 4. The van der Waals surface area contributed by atoms with Crippen LogP contribution >= 0.6 is 0 Å². The average Bonchev–Trinajstić information content (AvgIpc) is 2.77. The highest BCUT2D eigenvalue weighted by Crippen LogP contribution is 2.22. The summed E-state index contributed by atoms with van der Waals surface area (Å²) < 4.78 is 7.25. The van der Waals surface area contributed by atoms with E-state index in [1.807, 2.05) is 20.0 Å². The standard InChI is InChI=1S/C17H26N4O/c1-13-15(17(22-5)21(4)19-13)11-18-16(12-20(2)3)14-9-7-6-8-10-14/h6-10,16,18H,11-12H2,1-5H3. The Bertz CT molecular complexity index is 592. The van der Waals surface area contributed by atoms with Crippen molar-refractivity contribution in [2.45, 2.75) is 19.5 Å². The van der Waals surface area contributed by atoms with Gasteiger partial charge in [-0.25, -0.2) is 4.68 Å². The number of methoxy groups -OCH3 is 1. The number of hydrogen-bond donors (Lipinski definition) is 1. The Balaban J connectivity index is 2.15. The zero-order valence-electron chi connectivity index (χ0n) is 14.1. The largest absolute Gasteiger partial charge is 0.481 e. The molecule has 2 rings (SSSR count). The van der Waals surface area contributed by atoms with Crippen LogP contribution in [0.3, 0.4) is 0 Å². The highest BCUT2D eigenvalue weighted by atomic mass is 16.5. The number of nitrogens with one attached hydrogen (secondary N) is 1. The molecule has 1 heterocycles. The molecule has 0 saturated heterocycles. The maximum absolute atomic E-state index is 5.47. The lowest BCUT2D eigenvalue weighted by Crippen LogP contribution is -2.31. The number of rotatable bonds is 7. The van der Waals surface area contributed by atoms with Gasteiger partial charge in [-0.1, -0.05) is 30.3 Å². The number of likely N-dealkylation sites (N-methyl/N-ethyl adjacent to an activating group) is 1. The first-order valence-electron chi connectivity index (χ1n) is 7.52. The van der Waals surface area contributed by atoms with Gasteiger partial charge in [0.25, 0.3) is 0 Å². The first-order valence-corrected chi connectivity index (χ1v) is 7.52. The molecule has 120 valence electrons. The zero-order valence-corrected chi connectivity index (χ0v) is 14.1. The molecule has 0 aliphatic carbocycles. The van der Waals surface area contributed by atoms with Crippen LogP contribution < -0.4 is 10.1 Å². The Kier molecular flexibility index (Phi) is 5.57. The van der Waals surface area contributed by atoms with Crippen LogP contribution in [-0.4, -0.2) is 42.4 Å². The van der Waals surface area contributed by atoms with Crippen molar-refractivity contribution in [3.63, 3.8) is 0 Å². The lowest BCUT2D eigenvalue weighted by Gasteiger charge is -2.23. The van der Waals surface area contributed by atoms with Crippen molar-refractivity contribution >= 4 is 0 Å². The van der Waals surface area contributed by atoms with E-state index in [4.69, 9.17) is 4.74 Å². The number of aryl methyl sites for hydroxylation is 2. The molecular formula is C17H26N4O. The van der Waals surface area contributed by atoms with E-state index in [2.05, 4.69) is 53.7 Å². The van der Waals surface area contributed by atoms with Gasteiger partial charge in [0.1, 0.15) is 0 Å². The smallest absolute Gasteiger partial charge is 0.216 e. The molecule has 5 heteroatoms. The maximum atomic E-state index is 5.47. The predicted molar refractivity (Wildman–Crippen MR) is 89.1 cm³/mol. The molecule has 22 heavy (non-hydrogen) atoms. The van der Waals surface area contributed by atoms with E-state index in [1.165, 1.54) is 5.56 Å². The molecule has 0 saturated carbocycles. The summed E-state index contributed by atoms with van der Waals surface area (Å²) in [4.78, 5) is 2.19. The minimum atomic E-state index is 0.264. The summed E-state index contributed by atoms with van der Waals surface area (Å²) in [5.41, 5.74) is 3.41. The van der Waals surface area contributed by atoms with E-state index in [0.29, 0.717) is 0 Å². The second kappa shape index (κ2) is 7.42. The molecular weight excluding hydrogens is 276 g/mol. The molecule has 0 amide bonds. The van der Waals surface area contributed by atoms with E-state index >= 15 is 0 Å². The molecule has 0 aliphatic rings.